The molecule has 0 amide bonds. The maximum Gasteiger partial charge on any atom is 0.189 e. The van der Waals surface area contributed by atoms with Crippen LogP contribution in [-0.2, 0) is 4.43 Å². The molecule has 78 valence electrons. The predicted molar refractivity (Wildman–Crippen MR) is 60.9 cm³/mol. The first kappa shape index (κ1) is 11.4. The van der Waals surface area contributed by atoms with Crippen molar-refractivity contribution in [2.24, 2.45) is 0 Å². The monoisotopic (exact) mass is 218 g/mol. The minimum atomic E-state index is -1.83. The highest BCUT2D eigenvalue weighted by molar-refractivity contribution is 6.76. The summed E-state index contributed by atoms with van der Waals surface area (Å²) in [6, 6.07) is 3.50. The summed E-state index contributed by atoms with van der Waals surface area (Å²) < 4.78 is 5.91. The molecule has 0 bridgehead atoms. The van der Waals surface area contributed by atoms with Gasteiger partial charge in [0.25, 0.3) is 0 Å². The van der Waals surface area contributed by atoms with E-state index in [9.17, 15) is 4.80 Å². The fraction of sp³-hybridized carbons (Fsp3) is 1.00. The molecule has 0 aromatic heterocycles. The largest absolute Gasteiger partial charge is 0.432 e. The number of rotatable bonds is 3. The van der Waals surface area contributed by atoms with E-state index in [4.69, 9.17) is 4.43 Å². The molecule has 0 radical (unpaired) electrons. The highest BCUT2D eigenvalue weighted by Crippen LogP contribution is 2.28. The molecule has 1 atom stereocenters. The van der Waals surface area contributed by atoms with Crippen LogP contribution in [0.15, 0.2) is 0 Å². The van der Waals surface area contributed by atoms with Crippen molar-refractivity contribution in [2.75, 3.05) is 6.61 Å². The van der Waals surface area contributed by atoms with Gasteiger partial charge in [-0.25, -0.2) is 0 Å². The lowest BCUT2D eigenvalue weighted by Gasteiger charge is -2.32. The summed E-state index contributed by atoms with van der Waals surface area (Å²) in [4.78, 5) is 9.77. The Balaban J connectivity index is 2.33. The van der Waals surface area contributed by atoms with E-state index in [1.54, 1.807) is 0 Å². The zero-order valence-corrected chi connectivity index (χ0v) is 11.1. The Morgan fingerprint density at radius 3 is 2.54 bits per heavy atom. The van der Waals surface area contributed by atoms with Crippen molar-refractivity contribution in [3.63, 3.8) is 0 Å². The fourth-order valence-electron chi connectivity index (χ4n) is 1.76. The van der Waals surface area contributed by atoms with Gasteiger partial charge in [-0.15, -0.1) is 0 Å². The highest BCUT2D eigenvalue weighted by atomic mass is 28.4. The maximum atomic E-state index is 9.77. The Labute approximate surface area is 83.6 Å². The molecule has 1 aliphatic heterocycles. The van der Waals surface area contributed by atoms with E-state index in [0.29, 0.717) is 0 Å². The summed E-state index contributed by atoms with van der Waals surface area (Å²) in [6.45, 7) is 7.34. The number of hydrogen-bond acceptors (Lipinski definition) is 2. The Morgan fingerprint density at radius 1 is 1.38 bits per heavy atom. The molecule has 1 fully saturated rings. The second-order valence-corrected chi connectivity index (χ2v) is 13.4. The van der Waals surface area contributed by atoms with Crippen LogP contribution in [0.1, 0.15) is 12.8 Å². The molecule has 2 nitrogen and oxygen atoms in total. The first-order chi connectivity index (χ1) is 5.91. The van der Waals surface area contributed by atoms with Crippen molar-refractivity contribution in [3.8, 4) is 0 Å². The summed E-state index contributed by atoms with van der Waals surface area (Å²) in [7, 11) is -3.21. The normalized spacial score (nSPS) is 30.5. The molecule has 1 heterocycles. The summed E-state index contributed by atoms with van der Waals surface area (Å²) in [5, 5.41) is 0. The quantitative estimate of drug-likeness (QED) is 0.738. The van der Waals surface area contributed by atoms with E-state index >= 15 is 0 Å². The lowest BCUT2D eigenvalue weighted by molar-refractivity contribution is 0.270. The van der Waals surface area contributed by atoms with Crippen LogP contribution in [0.5, 0.6) is 0 Å². The van der Waals surface area contributed by atoms with Crippen LogP contribution in [0.25, 0.3) is 0 Å². The van der Waals surface area contributed by atoms with Crippen LogP contribution in [0.3, 0.4) is 0 Å². The Morgan fingerprint density at radius 2 is 2.08 bits per heavy atom. The molecular formula is C9H22O2Si2. The van der Waals surface area contributed by atoms with Gasteiger partial charge in [-0.1, -0.05) is 6.42 Å². The second-order valence-electron chi connectivity index (χ2n) is 5.07. The third-order valence-electron chi connectivity index (χ3n) is 2.82. The zero-order chi connectivity index (χ0) is 9.95. The molecule has 0 aromatic rings. The van der Waals surface area contributed by atoms with E-state index in [2.05, 4.69) is 6.55 Å². The van der Waals surface area contributed by atoms with Gasteiger partial charge in [0.1, 0.15) is 0 Å². The van der Waals surface area contributed by atoms with Crippen molar-refractivity contribution in [3.05, 3.63) is 0 Å². The van der Waals surface area contributed by atoms with Gasteiger partial charge in [0.05, 0.1) is 0 Å². The molecule has 1 aliphatic rings. The van der Waals surface area contributed by atoms with E-state index in [1.165, 1.54) is 24.9 Å². The molecule has 0 aromatic carbocycles. The fourth-order valence-corrected chi connectivity index (χ4v) is 8.50. The summed E-state index contributed by atoms with van der Waals surface area (Å²) in [6.07, 6.45) is 2.58. The van der Waals surface area contributed by atoms with E-state index in [0.717, 1.165) is 12.7 Å². The lowest BCUT2D eigenvalue weighted by atomic mass is 10.4. The summed E-state index contributed by atoms with van der Waals surface area (Å²) in [5.41, 5.74) is 0. The minimum absolute atomic E-state index is 0.968. The molecule has 1 saturated heterocycles. The van der Waals surface area contributed by atoms with Crippen LogP contribution >= 0.6 is 0 Å². The van der Waals surface area contributed by atoms with Crippen LogP contribution in [0.4, 0.5) is 0 Å². The van der Waals surface area contributed by atoms with Crippen molar-refractivity contribution in [2.45, 2.75) is 50.6 Å². The van der Waals surface area contributed by atoms with Gasteiger partial charge in [0, 0.05) is 6.61 Å². The van der Waals surface area contributed by atoms with Gasteiger partial charge in [-0.05, 0) is 44.2 Å². The van der Waals surface area contributed by atoms with Crippen LogP contribution in [-0.4, -0.2) is 28.0 Å². The van der Waals surface area contributed by atoms with Crippen molar-refractivity contribution < 1.29 is 9.22 Å². The molecule has 1 rings (SSSR count). The minimum Gasteiger partial charge on any atom is -0.432 e. The molecule has 1 N–H and O–H groups in total. The van der Waals surface area contributed by atoms with Gasteiger partial charge in [-0.2, -0.15) is 0 Å². The van der Waals surface area contributed by atoms with Crippen molar-refractivity contribution in [1.29, 1.82) is 0 Å². The van der Waals surface area contributed by atoms with E-state index < -0.39 is 16.6 Å². The summed E-state index contributed by atoms with van der Waals surface area (Å²) >= 11 is 0. The Bertz CT molecular complexity index is 159. The molecule has 0 aliphatic carbocycles. The third kappa shape index (κ3) is 4.40. The van der Waals surface area contributed by atoms with Gasteiger partial charge < -0.3 is 9.22 Å². The molecule has 4 heteroatoms. The molecule has 13 heavy (non-hydrogen) atoms. The van der Waals surface area contributed by atoms with E-state index in [1.807, 2.05) is 13.1 Å². The van der Waals surface area contributed by atoms with Gasteiger partial charge in [0.2, 0.25) is 0 Å². The number of hydrogen-bond donors (Lipinski definition) is 1. The smallest absolute Gasteiger partial charge is 0.189 e. The Hall–Kier alpha value is 0.354. The van der Waals surface area contributed by atoms with Crippen molar-refractivity contribution >= 4 is 16.6 Å². The predicted octanol–water partition coefficient (Wildman–Crippen LogP) is 2.57. The first-order valence-corrected chi connectivity index (χ1v) is 11.3. The summed E-state index contributed by atoms with van der Waals surface area (Å²) in [5.74, 6) is 0. The van der Waals surface area contributed by atoms with Crippen molar-refractivity contribution in [1.82, 2.24) is 0 Å². The Kier molecular flexibility index (Phi) is 3.74. The average molecular weight is 218 g/mol. The van der Waals surface area contributed by atoms with E-state index in [-0.39, 0.29) is 0 Å². The first-order valence-electron chi connectivity index (χ1n) is 5.28. The molecule has 0 saturated carbocycles. The maximum absolute atomic E-state index is 9.77. The molecule has 0 spiro atoms. The SMILES string of the molecule is C[Si](C)(O)CC[Si]1(C)CCCCO1. The topological polar surface area (TPSA) is 29.5 Å². The van der Waals surface area contributed by atoms with Gasteiger partial charge >= 0.3 is 0 Å². The lowest BCUT2D eigenvalue weighted by Crippen LogP contribution is -2.40. The highest BCUT2D eigenvalue weighted by Gasteiger charge is 2.33. The average Bonchev–Trinajstić information content (AvgIpc) is 2.02. The second kappa shape index (κ2) is 4.25. The van der Waals surface area contributed by atoms with Crippen LogP contribution in [0.2, 0.25) is 37.8 Å². The van der Waals surface area contributed by atoms with Crippen LogP contribution < -0.4 is 0 Å². The van der Waals surface area contributed by atoms with Gasteiger partial charge in [0.15, 0.2) is 16.6 Å². The molecule has 1 unspecified atom stereocenters. The van der Waals surface area contributed by atoms with Crippen LogP contribution in [0, 0.1) is 0 Å². The standard InChI is InChI=1S/C9H22O2Si2/c1-12(2,10)8-9-13(3)7-5-4-6-11-13/h10H,4-9H2,1-3H3. The zero-order valence-electron chi connectivity index (χ0n) is 9.10. The van der Waals surface area contributed by atoms with Gasteiger partial charge in [-0.3, -0.25) is 0 Å². The third-order valence-corrected chi connectivity index (χ3v) is 8.41. The molecular weight excluding hydrogens is 196 g/mol.